The standard InChI is InChI=1S/C21H28N3Si.C20H19N3S.C5H5BrS.3C4H9.Sn/c1-21(2,3)25(6,7)24-13-12-17-14-18(15-22-20(17)24)16-8-10-19(11-9-16)23(4)5;1-13-11-24-12-19(13)18-10-22-20-17(18)8-15(9-21-20)14-4-6-16(7-5-14)23(2)3;1-4-2-7-3-5(4)6;3*1-3-4-2;/h8-11,13-15H,1-7H3;4-12H,1-3H3,(H,21,22);2-3H,1H3;3*1,3-4H2,2H3;. The van der Waals surface area contributed by atoms with Crippen molar-refractivity contribution in [2.45, 2.75) is 125 Å². The number of rotatable bonds is 16. The van der Waals surface area contributed by atoms with Gasteiger partial charge in [-0.15, -0.1) is 0 Å². The number of hydrogen-bond acceptors (Lipinski definition) is 6. The first-order chi connectivity index (χ1) is 32.8. The van der Waals surface area contributed by atoms with Crippen LogP contribution in [0.3, 0.4) is 0 Å². The number of H-pyrrole nitrogens is 1. The molecule has 0 atom stereocenters. The fraction of sp³-hybridized carbons (Fsp3) is 0.414. The van der Waals surface area contributed by atoms with E-state index in [9.17, 15) is 0 Å². The molecule has 6 nitrogen and oxygen atoms in total. The van der Waals surface area contributed by atoms with Gasteiger partial charge in [-0.05, 0) is 86.4 Å². The van der Waals surface area contributed by atoms with E-state index in [1.807, 2.05) is 6.20 Å². The van der Waals surface area contributed by atoms with E-state index < -0.39 is 26.6 Å². The quantitative estimate of drug-likeness (QED) is 0.0980. The van der Waals surface area contributed by atoms with Crippen molar-refractivity contribution in [1.82, 2.24) is 19.2 Å². The van der Waals surface area contributed by atoms with Crippen molar-refractivity contribution >= 4 is 102 Å². The Hall–Kier alpha value is -3.68. The zero-order chi connectivity index (χ0) is 50.1. The molecule has 368 valence electrons. The maximum atomic E-state index is 5.29. The average molecular weight is 1150 g/mol. The molecule has 8 aromatic rings. The molecule has 2 aromatic carbocycles. The number of aromatic nitrogens is 4. The topological polar surface area (TPSA) is 53.0 Å². The van der Waals surface area contributed by atoms with Crippen LogP contribution in [0.4, 0.5) is 11.4 Å². The second-order valence-electron chi connectivity index (χ2n) is 21.0. The molecule has 0 radical (unpaired) electrons. The van der Waals surface area contributed by atoms with Gasteiger partial charge < -0.3 is 9.88 Å². The molecule has 69 heavy (non-hydrogen) atoms. The second kappa shape index (κ2) is 24.2. The Morgan fingerprint density at radius 2 is 1.14 bits per heavy atom. The van der Waals surface area contributed by atoms with Gasteiger partial charge in [-0.3, -0.25) is 0 Å². The summed E-state index contributed by atoms with van der Waals surface area (Å²) in [5, 5.41) is 11.5. The number of hydrogen-bond donors (Lipinski definition) is 1. The number of fused-ring (bicyclic) bond motifs is 2. The van der Waals surface area contributed by atoms with Crippen LogP contribution in [0.1, 0.15) is 91.2 Å². The predicted octanol–water partition coefficient (Wildman–Crippen LogP) is 17.8. The smallest absolute Gasteiger partial charge is 0.137 e. The third-order valence-corrected chi connectivity index (χ3v) is 38.3. The molecule has 0 saturated carbocycles. The van der Waals surface area contributed by atoms with Crippen LogP contribution in [0.25, 0.3) is 55.4 Å². The predicted molar refractivity (Wildman–Crippen MR) is 317 cm³/mol. The number of unbranched alkanes of at least 4 members (excludes halogenated alkanes) is 3. The third-order valence-electron chi connectivity index (χ3n) is 14.6. The molecular weight excluding hydrogens is 1070 g/mol. The molecule has 11 heteroatoms. The van der Waals surface area contributed by atoms with Gasteiger partial charge in [0.1, 0.15) is 5.65 Å². The van der Waals surface area contributed by atoms with Crippen molar-refractivity contribution in [2.24, 2.45) is 0 Å². The second-order valence-corrected chi connectivity index (χ2v) is 41.6. The van der Waals surface area contributed by atoms with Crippen molar-refractivity contribution in [3.05, 3.63) is 123 Å². The summed E-state index contributed by atoms with van der Waals surface area (Å²) in [5.74, 6) is 0. The monoisotopic (exact) mass is 1150 g/mol. The zero-order valence-corrected chi connectivity index (χ0v) is 51.3. The van der Waals surface area contributed by atoms with Gasteiger partial charge in [0.05, 0.1) is 0 Å². The minimum Gasteiger partial charge on any atom is -0.378 e. The SMILES string of the molecule is CCC[CH2][Sn]([CH2]CCC)([CH2]CCC)[c]1cn([Si](C)(C)C(C)(C)C)c2ncc(-c3ccc(N(C)C)cc3)cc12.Cc1cscc1-c1c[nH]c2ncc(-c3ccc(N(C)C)cc3)cc12.Cc1cscc1Br. The van der Waals surface area contributed by atoms with Crippen molar-refractivity contribution < 1.29 is 0 Å². The van der Waals surface area contributed by atoms with Crippen LogP contribution < -0.4 is 13.4 Å². The van der Waals surface area contributed by atoms with E-state index in [2.05, 4.69) is 237 Å². The molecule has 0 bridgehead atoms. The first-order valence-corrected chi connectivity index (χ1v) is 38.2. The van der Waals surface area contributed by atoms with Crippen LogP contribution in [0.2, 0.25) is 31.4 Å². The molecule has 0 fully saturated rings. The largest absolute Gasteiger partial charge is 0.378 e. The number of nitrogens with one attached hydrogen (secondary N) is 1. The summed E-state index contributed by atoms with van der Waals surface area (Å²) in [6, 6.07) is 22.3. The van der Waals surface area contributed by atoms with Crippen LogP contribution in [0, 0.1) is 13.8 Å². The van der Waals surface area contributed by atoms with Gasteiger partial charge in [-0.25, -0.2) is 4.98 Å². The molecule has 1 N–H and O–H groups in total. The molecule has 0 aliphatic rings. The van der Waals surface area contributed by atoms with Gasteiger partial charge in [0, 0.05) is 58.5 Å². The van der Waals surface area contributed by atoms with Crippen LogP contribution in [-0.2, 0) is 0 Å². The van der Waals surface area contributed by atoms with Gasteiger partial charge in [0.15, 0.2) is 0 Å². The number of nitrogens with zero attached hydrogens (tertiary/aromatic N) is 5. The molecule has 0 unspecified atom stereocenters. The van der Waals surface area contributed by atoms with Crippen LogP contribution in [0.5, 0.6) is 0 Å². The number of aryl methyl sites for hydroxylation is 2. The molecule has 0 aliphatic heterocycles. The van der Waals surface area contributed by atoms with Crippen LogP contribution in [0.15, 0.2) is 111 Å². The fourth-order valence-electron chi connectivity index (χ4n) is 9.07. The van der Waals surface area contributed by atoms with Crippen molar-refractivity contribution in [2.75, 3.05) is 38.0 Å². The first-order valence-electron chi connectivity index (χ1n) is 25.1. The Bertz CT molecular complexity index is 2830. The van der Waals surface area contributed by atoms with E-state index in [0.29, 0.717) is 0 Å². The fourth-order valence-corrected chi connectivity index (χ4v) is 30.0. The summed E-state index contributed by atoms with van der Waals surface area (Å²) in [6.45, 7) is 23.8. The molecule has 0 spiro atoms. The summed E-state index contributed by atoms with van der Waals surface area (Å²) in [6.07, 6.45) is 16.9. The Labute approximate surface area is 437 Å². The number of pyridine rings is 2. The number of anilines is 2. The molecule has 0 amide bonds. The summed E-state index contributed by atoms with van der Waals surface area (Å²) in [5.41, 5.74) is 14.6. The maximum Gasteiger partial charge on any atom is 0.137 e. The molecule has 8 rings (SSSR count). The Kier molecular flexibility index (Phi) is 19.1. The summed E-state index contributed by atoms with van der Waals surface area (Å²) in [4.78, 5) is 17.5. The minimum atomic E-state index is -2.70. The van der Waals surface area contributed by atoms with Crippen LogP contribution >= 0.6 is 38.6 Å². The zero-order valence-electron chi connectivity index (χ0n) is 44.2. The number of benzene rings is 2. The molecule has 6 heterocycles. The van der Waals surface area contributed by atoms with E-state index in [1.54, 1.807) is 26.3 Å². The number of halogens is 1. The van der Waals surface area contributed by atoms with E-state index in [-0.39, 0.29) is 5.04 Å². The van der Waals surface area contributed by atoms with E-state index >= 15 is 0 Å². The first kappa shape index (κ1) is 54.6. The van der Waals surface area contributed by atoms with Gasteiger partial charge in [-0.1, -0.05) is 12.1 Å². The maximum absolute atomic E-state index is 5.29. The normalized spacial score (nSPS) is 11.9. The van der Waals surface area contributed by atoms with E-state index in [4.69, 9.17) is 4.98 Å². The van der Waals surface area contributed by atoms with Gasteiger partial charge in [0.25, 0.3) is 0 Å². The average Bonchev–Trinajstić information content (AvgIpc) is 4.15. The van der Waals surface area contributed by atoms with E-state index in [1.165, 1.54) is 123 Å². The van der Waals surface area contributed by atoms with Crippen molar-refractivity contribution in [3.63, 3.8) is 0 Å². The molecule has 0 aliphatic carbocycles. The minimum absolute atomic E-state index is 0.257. The Balaban J connectivity index is 0.000000212. The summed E-state index contributed by atoms with van der Waals surface area (Å²) in [7, 11) is 6.49. The molecular formula is C58H79BrN6S2SiSn. The Morgan fingerprint density at radius 3 is 1.57 bits per heavy atom. The van der Waals surface area contributed by atoms with Gasteiger partial charge in [-0.2, -0.15) is 22.7 Å². The Morgan fingerprint density at radius 1 is 0.652 bits per heavy atom. The summed E-state index contributed by atoms with van der Waals surface area (Å²) >= 11 is 4.13. The van der Waals surface area contributed by atoms with Gasteiger partial charge >= 0.3 is 240 Å². The van der Waals surface area contributed by atoms with Crippen molar-refractivity contribution in [3.8, 4) is 33.4 Å². The molecule has 6 aromatic heterocycles. The van der Waals surface area contributed by atoms with Crippen molar-refractivity contribution in [1.29, 1.82) is 0 Å². The molecule has 0 saturated heterocycles. The number of thiophene rings is 2. The number of aromatic amines is 1. The summed E-state index contributed by atoms with van der Waals surface area (Å²) < 4.78 is 10.2. The van der Waals surface area contributed by atoms with E-state index in [0.717, 1.165) is 11.2 Å². The van der Waals surface area contributed by atoms with Crippen LogP contribution in [-0.4, -0.2) is 74.0 Å². The third kappa shape index (κ3) is 12.9. The van der Waals surface area contributed by atoms with Gasteiger partial charge in [0.2, 0.25) is 0 Å².